The van der Waals surface area contributed by atoms with Crippen LogP contribution in [0.5, 0.6) is 0 Å². The van der Waals surface area contributed by atoms with Crippen LogP contribution in [-0.2, 0) is 0 Å². The Balaban J connectivity index is 1.89. The molecule has 0 radical (unpaired) electrons. The molecule has 4 aromatic rings. The number of aromatic nitrogens is 4. The fraction of sp³-hybridized carbons (Fsp3) is 0.0526. The van der Waals surface area contributed by atoms with Crippen LogP contribution in [0.4, 0.5) is 10.2 Å². The third-order valence-corrected chi connectivity index (χ3v) is 3.90. The zero-order valence-corrected chi connectivity index (χ0v) is 13.4. The van der Waals surface area contributed by atoms with Crippen molar-refractivity contribution < 1.29 is 4.39 Å². The third kappa shape index (κ3) is 2.89. The summed E-state index contributed by atoms with van der Waals surface area (Å²) in [7, 11) is 1.82. The summed E-state index contributed by atoms with van der Waals surface area (Å²) in [5, 5.41) is 4.00. The summed E-state index contributed by atoms with van der Waals surface area (Å²) in [6, 6.07) is 12.3. The number of nitrogens with zero attached hydrogens (tertiary/aromatic N) is 4. The van der Waals surface area contributed by atoms with Crippen LogP contribution in [0.25, 0.3) is 33.5 Å². The molecule has 0 fully saturated rings. The van der Waals surface area contributed by atoms with Gasteiger partial charge in [-0.1, -0.05) is 18.2 Å². The molecule has 0 saturated heterocycles. The number of benzene rings is 2. The number of nitrogens with one attached hydrogen (secondary N) is 1. The predicted molar refractivity (Wildman–Crippen MR) is 95.5 cm³/mol. The van der Waals surface area contributed by atoms with Crippen molar-refractivity contribution in [1.82, 2.24) is 19.9 Å². The lowest BCUT2D eigenvalue weighted by atomic mass is 10.0. The fourth-order valence-corrected chi connectivity index (χ4v) is 2.67. The van der Waals surface area contributed by atoms with Gasteiger partial charge in [0.2, 0.25) is 0 Å². The van der Waals surface area contributed by atoms with E-state index in [2.05, 4.69) is 25.3 Å². The van der Waals surface area contributed by atoms with Gasteiger partial charge in [-0.15, -0.1) is 0 Å². The van der Waals surface area contributed by atoms with Gasteiger partial charge < -0.3 is 5.32 Å². The Labute approximate surface area is 143 Å². The van der Waals surface area contributed by atoms with Crippen LogP contribution in [0, 0.1) is 5.82 Å². The summed E-state index contributed by atoms with van der Waals surface area (Å²) in [6.07, 6.45) is 4.84. The lowest BCUT2D eigenvalue weighted by Gasteiger charge is -2.09. The average Bonchev–Trinajstić information content (AvgIpc) is 2.68. The van der Waals surface area contributed by atoms with Gasteiger partial charge in [0, 0.05) is 24.8 Å². The van der Waals surface area contributed by atoms with E-state index < -0.39 is 0 Å². The van der Waals surface area contributed by atoms with E-state index >= 15 is 0 Å². The van der Waals surface area contributed by atoms with Gasteiger partial charge in [-0.2, -0.15) is 0 Å². The minimum atomic E-state index is -0.255. The third-order valence-electron chi connectivity index (χ3n) is 3.90. The van der Waals surface area contributed by atoms with Crippen LogP contribution < -0.4 is 5.32 Å². The summed E-state index contributed by atoms with van der Waals surface area (Å²) in [5.41, 5.74) is 3.27. The Bertz CT molecular complexity index is 1030. The Morgan fingerprint density at radius 2 is 1.72 bits per heavy atom. The van der Waals surface area contributed by atoms with Gasteiger partial charge in [-0.3, -0.25) is 4.98 Å². The molecule has 0 saturated carbocycles. The van der Waals surface area contributed by atoms with Gasteiger partial charge in [-0.25, -0.2) is 19.3 Å². The second kappa shape index (κ2) is 6.24. The quantitative estimate of drug-likeness (QED) is 0.616. The normalized spacial score (nSPS) is 10.8. The molecule has 2 aromatic carbocycles. The minimum Gasteiger partial charge on any atom is -0.373 e. The highest BCUT2D eigenvalue weighted by Crippen LogP contribution is 2.28. The molecule has 0 aliphatic carbocycles. The van der Waals surface area contributed by atoms with Crippen molar-refractivity contribution in [3.05, 3.63) is 66.9 Å². The van der Waals surface area contributed by atoms with E-state index in [0.717, 1.165) is 27.8 Å². The van der Waals surface area contributed by atoms with Crippen LogP contribution in [0.3, 0.4) is 0 Å². The van der Waals surface area contributed by atoms with Crippen LogP contribution in [0.2, 0.25) is 0 Å². The average molecular weight is 331 g/mol. The molecule has 122 valence electrons. The molecule has 0 bridgehead atoms. The second-order valence-corrected chi connectivity index (χ2v) is 5.48. The van der Waals surface area contributed by atoms with Crippen molar-refractivity contribution >= 4 is 16.7 Å². The first-order valence-electron chi connectivity index (χ1n) is 7.76. The van der Waals surface area contributed by atoms with E-state index in [-0.39, 0.29) is 5.82 Å². The van der Waals surface area contributed by atoms with E-state index in [0.29, 0.717) is 11.5 Å². The van der Waals surface area contributed by atoms with Gasteiger partial charge in [0.15, 0.2) is 5.82 Å². The molecule has 6 heteroatoms. The number of hydrogen-bond donors (Lipinski definition) is 1. The van der Waals surface area contributed by atoms with Crippen molar-refractivity contribution in [3.63, 3.8) is 0 Å². The largest absolute Gasteiger partial charge is 0.373 e. The van der Waals surface area contributed by atoms with Gasteiger partial charge in [0.25, 0.3) is 0 Å². The van der Waals surface area contributed by atoms with Crippen LogP contribution in [0.15, 0.2) is 61.1 Å². The Morgan fingerprint density at radius 1 is 0.920 bits per heavy atom. The molecular weight excluding hydrogens is 317 g/mol. The zero-order valence-electron chi connectivity index (χ0n) is 13.4. The SMILES string of the molecule is CNc1nc(-c2cnccn2)nc2cc(-c3ccc(F)cc3)ccc12. The maximum Gasteiger partial charge on any atom is 0.182 e. The van der Waals surface area contributed by atoms with Crippen LogP contribution in [0.1, 0.15) is 0 Å². The Morgan fingerprint density at radius 3 is 2.44 bits per heavy atom. The molecular formula is C19H14FN5. The predicted octanol–water partition coefficient (Wildman–Crippen LogP) is 3.93. The zero-order chi connectivity index (χ0) is 17.2. The molecule has 2 heterocycles. The van der Waals surface area contributed by atoms with E-state index in [4.69, 9.17) is 0 Å². The molecule has 1 N–H and O–H groups in total. The smallest absolute Gasteiger partial charge is 0.182 e. The summed E-state index contributed by atoms with van der Waals surface area (Å²) in [6.45, 7) is 0. The van der Waals surface area contributed by atoms with Crippen molar-refractivity contribution in [3.8, 4) is 22.6 Å². The van der Waals surface area contributed by atoms with E-state index in [9.17, 15) is 4.39 Å². The second-order valence-electron chi connectivity index (χ2n) is 5.48. The van der Waals surface area contributed by atoms with Crippen molar-refractivity contribution in [1.29, 1.82) is 0 Å². The van der Waals surface area contributed by atoms with Crippen molar-refractivity contribution in [2.24, 2.45) is 0 Å². The molecule has 2 aromatic heterocycles. The highest BCUT2D eigenvalue weighted by atomic mass is 19.1. The first-order chi connectivity index (χ1) is 12.2. The van der Waals surface area contributed by atoms with Crippen LogP contribution in [-0.4, -0.2) is 27.0 Å². The molecule has 25 heavy (non-hydrogen) atoms. The molecule has 0 atom stereocenters. The first-order valence-corrected chi connectivity index (χ1v) is 7.76. The highest BCUT2D eigenvalue weighted by molar-refractivity contribution is 5.93. The summed E-state index contributed by atoms with van der Waals surface area (Å²) in [4.78, 5) is 17.5. The molecule has 5 nitrogen and oxygen atoms in total. The highest BCUT2D eigenvalue weighted by Gasteiger charge is 2.11. The fourth-order valence-electron chi connectivity index (χ4n) is 2.67. The summed E-state index contributed by atoms with van der Waals surface area (Å²) < 4.78 is 13.2. The minimum absolute atomic E-state index is 0.255. The lowest BCUT2D eigenvalue weighted by molar-refractivity contribution is 0.628. The number of hydrogen-bond acceptors (Lipinski definition) is 5. The van der Waals surface area contributed by atoms with E-state index in [1.165, 1.54) is 12.1 Å². The number of halogens is 1. The van der Waals surface area contributed by atoms with E-state index in [1.807, 2.05) is 25.2 Å². The molecule has 4 rings (SSSR count). The summed E-state index contributed by atoms with van der Waals surface area (Å²) >= 11 is 0. The monoisotopic (exact) mass is 331 g/mol. The maximum atomic E-state index is 13.2. The van der Waals surface area contributed by atoms with Gasteiger partial charge in [0.1, 0.15) is 17.3 Å². The first kappa shape index (κ1) is 15.1. The maximum absolute atomic E-state index is 13.2. The molecule has 0 aliphatic rings. The Hall–Kier alpha value is -3.41. The van der Waals surface area contributed by atoms with Gasteiger partial charge in [0.05, 0.1) is 11.7 Å². The number of anilines is 1. The summed E-state index contributed by atoms with van der Waals surface area (Å²) in [5.74, 6) is 0.965. The molecule has 0 aliphatic heterocycles. The van der Waals surface area contributed by atoms with Crippen molar-refractivity contribution in [2.75, 3.05) is 12.4 Å². The number of fused-ring (bicyclic) bond motifs is 1. The molecule has 0 amide bonds. The Kier molecular flexibility index (Phi) is 3.78. The standard InChI is InChI=1S/C19H14FN5/c1-21-18-15-7-4-13(12-2-5-14(20)6-3-12)10-16(15)24-19(25-18)17-11-22-8-9-23-17/h2-11H,1H3,(H,21,24,25). The van der Waals surface area contributed by atoms with Gasteiger partial charge in [-0.05, 0) is 35.4 Å². The number of rotatable bonds is 3. The van der Waals surface area contributed by atoms with E-state index in [1.54, 1.807) is 30.7 Å². The van der Waals surface area contributed by atoms with Gasteiger partial charge >= 0.3 is 0 Å². The topological polar surface area (TPSA) is 63.6 Å². The van der Waals surface area contributed by atoms with Crippen molar-refractivity contribution in [2.45, 2.75) is 0 Å². The lowest BCUT2D eigenvalue weighted by Crippen LogP contribution is -2.00. The molecule has 0 spiro atoms. The van der Waals surface area contributed by atoms with Crippen LogP contribution >= 0.6 is 0 Å². The molecule has 0 unspecified atom stereocenters.